The molecule has 0 saturated carbocycles. The molecule has 0 unspecified atom stereocenters. The molecule has 4 heteroatoms. The third-order valence-corrected chi connectivity index (χ3v) is 5.56. The van der Waals surface area contributed by atoms with Gasteiger partial charge in [-0.3, -0.25) is 9.59 Å². The lowest BCUT2D eigenvalue weighted by molar-refractivity contribution is -0.155. The van der Waals surface area contributed by atoms with E-state index >= 15 is 0 Å². The van der Waals surface area contributed by atoms with Gasteiger partial charge in [-0.1, -0.05) is 31.2 Å². The normalized spacial score (nSPS) is 19.1. The molecule has 1 fully saturated rings. The van der Waals surface area contributed by atoms with Crippen molar-refractivity contribution in [2.24, 2.45) is 11.3 Å². The Hall–Kier alpha value is -1.84. The summed E-state index contributed by atoms with van der Waals surface area (Å²) in [4.78, 5) is 29.7. The van der Waals surface area contributed by atoms with Gasteiger partial charge in [0, 0.05) is 26.2 Å². The highest BCUT2D eigenvalue weighted by Crippen LogP contribution is 2.28. The fraction of sp³-hybridized carbons (Fsp3) is 0.600. The zero-order valence-corrected chi connectivity index (χ0v) is 15.0. The van der Waals surface area contributed by atoms with E-state index in [-0.39, 0.29) is 11.8 Å². The SMILES string of the molecule is CC1CCN(C(=O)C(C)(C)C(=O)N2CCc3ccccc3C2)CC1. The average Bonchev–Trinajstić information content (AvgIpc) is 2.60. The van der Waals surface area contributed by atoms with Crippen molar-refractivity contribution in [1.82, 2.24) is 9.80 Å². The van der Waals surface area contributed by atoms with Gasteiger partial charge in [-0.15, -0.1) is 0 Å². The van der Waals surface area contributed by atoms with Gasteiger partial charge in [0.1, 0.15) is 5.41 Å². The number of nitrogens with zero attached hydrogens (tertiary/aromatic N) is 2. The van der Waals surface area contributed by atoms with Crippen LogP contribution in [0.2, 0.25) is 0 Å². The fourth-order valence-corrected chi connectivity index (χ4v) is 3.76. The Bertz CT molecular complexity index is 630. The van der Waals surface area contributed by atoms with Crippen molar-refractivity contribution in [3.63, 3.8) is 0 Å². The Kier molecular flexibility index (Phi) is 4.66. The van der Waals surface area contributed by atoms with Gasteiger partial charge in [0.25, 0.3) is 0 Å². The molecule has 3 rings (SSSR count). The van der Waals surface area contributed by atoms with E-state index in [9.17, 15) is 9.59 Å². The molecule has 0 aliphatic carbocycles. The summed E-state index contributed by atoms with van der Waals surface area (Å²) in [5.41, 5.74) is 1.54. The molecule has 2 aliphatic rings. The number of fused-ring (bicyclic) bond motifs is 1. The summed E-state index contributed by atoms with van der Waals surface area (Å²) in [5.74, 6) is 0.616. The van der Waals surface area contributed by atoms with E-state index in [1.807, 2.05) is 21.9 Å². The molecule has 24 heavy (non-hydrogen) atoms. The van der Waals surface area contributed by atoms with Crippen LogP contribution in [0.25, 0.3) is 0 Å². The minimum Gasteiger partial charge on any atom is -0.342 e. The van der Waals surface area contributed by atoms with Gasteiger partial charge in [0.15, 0.2) is 0 Å². The van der Waals surface area contributed by atoms with E-state index in [1.54, 1.807) is 13.8 Å². The zero-order chi connectivity index (χ0) is 17.3. The van der Waals surface area contributed by atoms with Crippen LogP contribution < -0.4 is 0 Å². The second-order valence-corrected chi connectivity index (χ2v) is 7.85. The summed E-state index contributed by atoms with van der Waals surface area (Å²) in [5, 5.41) is 0. The largest absolute Gasteiger partial charge is 0.342 e. The van der Waals surface area contributed by atoms with Crippen molar-refractivity contribution in [1.29, 1.82) is 0 Å². The number of benzene rings is 1. The topological polar surface area (TPSA) is 40.6 Å². The van der Waals surface area contributed by atoms with Gasteiger partial charge in [-0.05, 0) is 50.2 Å². The molecule has 1 aromatic rings. The summed E-state index contributed by atoms with van der Waals surface area (Å²) in [6.45, 7) is 8.67. The summed E-state index contributed by atoms with van der Waals surface area (Å²) in [7, 11) is 0. The van der Waals surface area contributed by atoms with Gasteiger partial charge in [-0.2, -0.15) is 0 Å². The maximum atomic E-state index is 13.1. The van der Waals surface area contributed by atoms with Crippen LogP contribution in [0.3, 0.4) is 0 Å². The monoisotopic (exact) mass is 328 g/mol. The number of carbonyl (C=O) groups excluding carboxylic acids is 2. The van der Waals surface area contributed by atoms with Crippen LogP contribution in [0.1, 0.15) is 44.7 Å². The number of piperidine rings is 1. The number of hydrogen-bond donors (Lipinski definition) is 0. The molecule has 0 N–H and O–H groups in total. The van der Waals surface area contributed by atoms with E-state index in [0.29, 0.717) is 19.0 Å². The van der Waals surface area contributed by atoms with Crippen LogP contribution in [0, 0.1) is 11.3 Å². The third-order valence-electron chi connectivity index (χ3n) is 5.56. The smallest absolute Gasteiger partial charge is 0.238 e. The van der Waals surface area contributed by atoms with Crippen molar-refractivity contribution in [2.45, 2.75) is 46.6 Å². The molecule has 1 saturated heterocycles. The highest BCUT2D eigenvalue weighted by Gasteiger charge is 2.42. The van der Waals surface area contributed by atoms with Crippen molar-refractivity contribution in [2.75, 3.05) is 19.6 Å². The lowest BCUT2D eigenvalue weighted by atomic mass is 9.86. The fourth-order valence-electron chi connectivity index (χ4n) is 3.76. The molecular weight excluding hydrogens is 300 g/mol. The molecule has 1 aromatic carbocycles. The lowest BCUT2D eigenvalue weighted by Gasteiger charge is -2.39. The molecule has 4 nitrogen and oxygen atoms in total. The van der Waals surface area contributed by atoms with Crippen LogP contribution in [-0.4, -0.2) is 41.2 Å². The lowest BCUT2D eigenvalue weighted by Crippen LogP contribution is -2.53. The third kappa shape index (κ3) is 3.19. The summed E-state index contributed by atoms with van der Waals surface area (Å²) in [6.07, 6.45) is 2.94. The Morgan fingerprint density at radius 2 is 1.54 bits per heavy atom. The van der Waals surface area contributed by atoms with Gasteiger partial charge >= 0.3 is 0 Å². The first-order valence-corrected chi connectivity index (χ1v) is 9.05. The molecule has 130 valence electrons. The van der Waals surface area contributed by atoms with E-state index < -0.39 is 5.41 Å². The summed E-state index contributed by atoms with van der Waals surface area (Å²) < 4.78 is 0. The molecule has 2 aliphatic heterocycles. The van der Waals surface area contributed by atoms with Crippen LogP contribution in [0.4, 0.5) is 0 Å². The Morgan fingerprint density at radius 1 is 0.958 bits per heavy atom. The van der Waals surface area contributed by atoms with Gasteiger partial charge in [0.2, 0.25) is 11.8 Å². The van der Waals surface area contributed by atoms with Gasteiger partial charge < -0.3 is 9.80 Å². The second kappa shape index (κ2) is 6.58. The highest BCUT2D eigenvalue weighted by atomic mass is 16.2. The van der Waals surface area contributed by atoms with Gasteiger partial charge in [-0.25, -0.2) is 0 Å². The van der Waals surface area contributed by atoms with Gasteiger partial charge in [0.05, 0.1) is 0 Å². The first-order valence-electron chi connectivity index (χ1n) is 9.05. The van der Waals surface area contributed by atoms with Crippen LogP contribution in [0.15, 0.2) is 24.3 Å². The summed E-state index contributed by atoms with van der Waals surface area (Å²) >= 11 is 0. The first kappa shape index (κ1) is 17.0. The van der Waals surface area contributed by atoms with Crippen molar-refractivity contribution < 1.29 is 9.59 Å². The molecule has 0 radical (unpaired) electrons. The van der Waals surface area contributed by atoms with Crippen molar-refractivity contribution in [3.8, 4) is 0 Å². The minimum absolute atomic E-state index is 0.0155. The molecule has 0 atom stereocenters. The zero-order valence-electron chi connectivity index (χ0n) is 15.0. The van der Waals surface area contributed by atoms with E-state index in [1.165, 1.54) is 11.1 Å². The molecule has 0 aromatic heterocycles. The van der Waals surface area contributed by atoms with Crippen LogP contribution in [0.5, 0.6) is 0 Å². The highest BCUT2D eigenvalue weighted by molar-refractivity contribution is 6.04. The van der Waals surface area contributed by atoms with E-state index in [4.69, 9.17) is 0 Å². The number of hydrogen-bond acceptors (Lipinski definition) is 2. The van der Waals surface area contributed by atoms with Crippen LogP contribution >= 0.6 is 0 Å². The van der Waals surface area contributed by atoms with Crippen LogP contribution in [-0.2, 0) is 22.6 Å². The maximum Gasteiger partial charge on any atom is 0.238 e. The second-order valence-electron chi connectivity index (χ2n) is 7.85. The quantitative estimate of drug-likeness (QED) is 0.783. The van der Waals surface area contributed by atoms with Crippen molar-refractivity contribution in [3.05, 3.63) is 35.4 Å². The number of amides is 2. The predicted octanol–water partition coefficient (Wildman–Crippen LogP) is 2.86. The Balaban J connectivity index is 1.70. The maximum absolute atomic E-state index is 13.1. The first-order chi connectivity index (χ1) is 11.4. The predicted molar refractivity (Wildman–Crippen MR) is 94.3 cm³/mol. The molecular formula is C20H28N2O2. The Labute approximate surface area is 144 Å². The molecule has 2 amide bonds. The Morgan fingerprint density at radius 3 is 2.21 bits per heavy atom. The van der Waals surface area contributed by atoms with E-state index in [2.05, 4.69) is 19.1 Å². The molecule has 2 heterocycles. The summed E-state index contributed by atoms with van der Waals surface area (Å²) in [6, 6.07) is 8.26. The minimum atomic E-state index is -0.979. The molecule has 0 spiro atoms. The number of carbonyl (C=O) groups is 2. The van der Waals surface area contributed by atoms with Crippen molar-refractivity contribution >= 4 is 11.8 Å². The standard InChI is InChI=1S/C20H28N2O2/c1-15-8-11-21(12-9-15)18(23)20(2,3)19(24)22-13-10-16-6-4-5-7-17(16)14-22/h4-7,15H,8-14H2,1-3H3. The molecule has 0 bridgehead atoms. The van der Waals surface area contributed by atoms with E-state index in [0.717, 1.165) is 32.4 Å². The number of likely N-dealkylation sites (tertiary alicyclic amines) is 1. The number of rotatable bonds is 2. The average molecular weight is 328 g/mol.